The Morgan fingerprint density at radius 3 is 2.40 bits per heavy atom. The lowest BCUT2D eigenvalue weighted by Crippen LogP contribution is -2.50. The first-order chi connectivity index (χ1) is 14.6. The van der Waals surface area contributed by atoms with Gasteiger partial charge in [-0.2, -0.15) is 0 Å². The number of hydrogen-bond donors (Lipinski definition) is 1. The van der Waals surface area contributed by atoms with Crippen molar-refractivity contribution in [3.63, 3.8) is 0 Å². The lowest BCUT2D eigenvalue weighted by atomic mass is 9.99. The van der Waals surface area contributed by atoms with Crippen LogP contribution in [0.3, 0.4) is 0 Å². The molecular formula is C25H27N3O2. The molecule has 5 heteroatoms. The number of allylic oxidation sites excluding steroid dienone is 3. The van der Waals surface area contributed by atoms with Gasteiger partial charge >= 0.3 is 0 Å². The van der Waals surface area contributed by atoms with E-state index < -0.39 is 0 Å². The van der Waals surface area contributed by atoms with Crippen LogP contribution in [0.5, 0.6) is 0 Å². The molecule has 4 rings (SSSR count). The minimum absolute atomic E-state index is 0.0151. The molecule has 1 N–H and O–H groups in total. The zero-order valence-electron chi connectivity index (χ0n) is 17.3. The average molecular weight is 402 g/mol. The minimum Gasteiger partial charge on any atom is -0.368 e. The predicted octanol–water partition coefficient (Wildman–Crippen LogP) is 4.38. The molecule has 0 aromatic heterocycles. The summed E-state index contributed by atoms with van der Waals surface area (Å²) < 4.78 is 0. The fourth-order valence-electron chi connectivity index (χ4n) is 4.12. The number of nitrogens with zero attached hydrogens (tertiary/aromatic N) is 2. The monoisotopic (exact) mass is 401 g/mol. The number of amides is 2. The summed E-state index contributed by atoms with van der Waals surface area (Å²) in [5.41, 5.74) is 3.73. The van der Waals surface area contributed by atoms with Crippen LogP contribution in [-0.4, -0.2) is 41.2 Å². The van der Waals surface area contributed by atoms with Crippen molar-refractivity contribution in [2.24, 2.45) is 0 Å². The van der Waals surface area contributed by atoms with E-state index in [0.717, 1.165) is 31.5 Å². The molecule has 2 amide bonds. The highest BCUT2D eigenvalue weighted by molar-refractivity contribution is 5.96. The third-order valence-electron chi connectivity index (χ3n) is 5.62. The highest BCUT2D eigenvalue weighted by atomic mass is 16.2. The van der Waals surface area contributed by atoms with Crippen LogP contribution >= 0.6 is 0 Å². The molecule has 5 nitrogen and oxygen atoms in total. The molecule has 2 aromatic rings. The molecule has 1 aliphatic carbocycles. The Hall–Kier alpha value is -3.34. The van der Waals surface area contributed by atoms with E-state index >= 15 is 0 Å². The van der Waals surface area contributed by atoms with Gasteiger partial charge < -0.3 is 15.1 Å². The fraction of sp³-hybridized carbons (Fsp3) is 0.280. The number of carbonyl (C=O) groups excluding carboxylic acids is 2. The van der Waals surface area contributed by atoms with Crippen LogP contribution in [0.2, 0.25) is 0 Å². The lowest BCUT2D eigenvalue weighted by molar-refractivity contribution is -0.114. The van der Waals surface area contributed by atoms with Crippen molar-refractivity contribution in [3.8, 4) is 0 Å². The Morgan fingerprint density at radius 1 is 0.967 bits per heavy atom. The van der Waals surface area contributed by atoms with Crippen LogP contribution in [0.25, 0.3) is 0 Å². The second-order valence-electron chi connectivity index (χ2n) is 7.74. The van der Waals surface area contributed by atoms with Crippen molar-refractivity contribution in [1.29, 1.82) is 0 Å². The summed E-state index contributed by atoms with van der Waals surface area (Å²) in [5, 5.41) is 2.74. The highest BCUT2D eigenvalue weighted by Crippen LogP contribution is 2.30. The second kappa shape index (κ2) is 8.99. The highest BCUT2D eigenvalue weighted by Gasteiger charge is 2.32. The van der Waals surface area contributed by atoms with Crippen LogP contribution in [0.15, 0.2) is 78.5 Å². The van der Waals surface area contributed by atoms with Crippen molar-refractivity contribution < 1.29 is 9.59 Å². The summed E-state index contributed by atoms with van der Waals surface area (Å²) in [7, 11) is 0. The van der Waals surface area contributed by atoms with E-state index in [1.807, 2.05) is 23.1 Å². The first-order valence-corrected chi connectivity index (χ1v) is 10.5. The zero-order chi connectivity index (χ0) is 20.9. The second-order valence-corrected chi connectivity index (χ2v) is 7.74. The van der Waals surface area contributed by atoms with E-state index in [-0.39, 0.29) is 17.9 Å². The molecule has 1 heterocycles. The third kappa shape index (κ3) is 4.46. The Labute approximate surface area is 177 Å². The zero-order valence-corrected chi connectivity index (χ0v) is 17.3. The van der Waals surface area contributed by atoms with Gasteiger partial charge in [0.05, 0.1) is 6.04 Å². The maximum absolute atomic E-state index is 13.4. The topological polar surface area (TPSA) is 52.7 Å². The largest absolute Gasteiger partial charge is 0.368 e. The number of hydrogen-bond acceptors (Lipinski definition) is 3. The van der Waals surface area contributed by atoms with Gasteiger partial charge in [0.25, 0.3) is 5.91 Å². The van der Waals surface area contributed by atoms with Crippen molar-refractivity contribution in [1.82, 2.24) is 9.80 Å². The Balaban J connectivity index is 1.57. The van der Waals surface area contributed by atoms with Gasteiger partial charge in [0, 0.05) is 43.5 Å². The molecule has 2 aromatic carbocycles. The molecule has 1 fully saturated rings. The molecule has 0 radical (unpaired) electrons. The maximum atomic E-state index is 13.4. The smallest absolute Gasteiger partial charge is 0.254 e. The average Bonchev–Trinajstić information content (AvgIpc) is 2.79. The van der Waals surface area contributed by atoms with Crippen molar-refractivity contribution >= 4 is 17.5 Å². The molecule has 1 atom stereocenters. The van der Waals surface area contributed by atoms with Crippen LogP contribution in [0, 0.1) is 0 Å². The Bertz CT molecular complexity index is 964. The molecule has 1 saturated heterocycles. The molecule has 30 heavy (non-hydrogen) atoms. The van der Waals surface area contributed by atoms with E-state index in [0.29, 0.717) is 17.8 Å². The van der Waals surface area contributed by atoms with Crippen molar-refractivity contribution in [2.45, 2.75) is 25.8 Å². The minimum atomic E-state index is -0.125. The quantitative estimate of drug-likeness (QED) is 0.827. The molecular weight excluding hydrogens is 374 g/mol. The van der Waals surface area contributed by atoms with E-state index in [4.69, 9.17) is 0 Å². The van der Waals surface area contributed by atoms with Gasteiger partial charge in [0.1, 0.15) is 0 Å². The number of carbonyl (C=O) groups is 2. The lowest BCUT2D eigenvalue weighted by Gasteiger charge is -2.43. The van der Waals surface area contributed by atoms with Crippen LogP contribution < -0.4 is 5.32 Å². The maximum Gasteiger partial charge on any atom is 0.254 e. The fourth-order valence-corrected chi connectivity index (χ4v) is 4.12. The van der Waals surface area contributed by atoms with E-state index in [2.05, 4.69) is 40.6 Å². The molecule has 154 valence electrons. The number of anilines is 1. The van der Waals surface area contributed by atoms with Gasteiger partial charge in [0.2, 0.25) is 5.91 Å². The summed E-state index contributed by atoms with van der Waals surface area (Å²) >= 11 is 0. The molecule has 0 bridgehead atoms. The Kier molecular flexibility index (Phi) is 5.98. The first kappa shape index (κ1) is 20.0. The number of rotatable bonds is 4. The van der Waals surface area contributed by atoms with E-state index in [1.54, 1.807) is 24.3 Å². The van der Waals surface area contributed by atoms with Gasteiger partial charge in [-0.1, -0.05) is 42.5 Å². The first-order valence-electron chi connectivity index (χ1n) is 10.5. The molecule has 2 aliphatic rings. The van der Waals surface area contributed by atoms with E-state index in [1.165, 1.54) is 12.6 Å². The molecule has 0 spiro atoms. The van der Waals surface area contributed by atoms with E-state index in [9.17, 15) is 9.59 Å². The summed E-state index contributed by atoms with van der Waals surface area (Å²) in [4.78, 5) is 29.0. The predicted molar refractivity (Wildman–Crippen MR) is 119 cm³/mol. The van der Waals surface area contributed by atoms with Gasteiger partial charge in [-0.3, -0.25) is 9.59 Å². The number of benzene rings is 2. The molecule has 1 aliphatic heterocycles. The van der Waals surface area contributed by atoms with Gasteiger partial charge in [0.15, 0.2) is 0 Å². The number of piperazine rings is 1. The third-order valence-corrected chi connectivity index (χ3v) is 5.62. The Morgan fingerprint density at radius 2 is 1.73 bits per heavy atom. The molecule has 0 saturated carbocycles. The van der Waals surface area contributed by atoms with Gasteiger partial charge in [-0.25, -0.2) is 0 Å². The summed E-state index contributed by atoms with van der Waals surface area (Å²) in [6, 6.07) is 17.4. The van der Waals surface area contributed by atoms with Crippen LogP contribution in [-0.2, 0) is 4.79 Å². The van der Waals surface area contributed by atoms with Crippen LogP contribution in [0.4, 0.5) is 5.69 Å². The normalized spacial score (nSPS) is 18.7. The summed E-state index contributed by atoms with van der Waals surface area (Å²) in [6.45, 7) is 3.72. The number of nitrogens with one attached hydrogen (secondary N) is 1. The van der Waals surface area contributed by atoms with Crippen LogP contribution in [0.1, 0.15) is 41.7 Å². The van der Waals surface area contributed by atoms with Crippen molar-refractivity contribution in [3.05, 3.63) is 89.6 Å². The standard InChI is InChI=1S/C25H27N3O2/c1-19(29)26-22-14-12-21(13-15-22)25(30)28-17-16-27(23-10-6-3-7-11-23)18-24(28)20-8-4-2-5-9-20/h2,4-6,8-15,24H,3,7,16-18H2,1H3,(H,26,29). The SMILES string of the molecule is CC(=O)Nc1ccc(C(=O)N2CCN(C3=CCCC=C3)CC2c2ccccc2)cc1. The summed E-state index contributed by atoms with van der Waals surface area (Å²) in [5.74, 6) is -0.105. The summed E-state index contributed by atoms with van der Waals surface area (Å²) in [6.07, 6.45) is 8.88. The van der Waals surface area contributed by atoms with Gasteiger partial charge in [-0.15, -0.1) is 0 Å². The van der Waals surface area contributed by atoms with Crippen molar-refractivity contribution in [2.75, 3.05) is 25.0 Å². The molecule has 1 unspecified atom stereocenters. The van der Waals surface area contributed by atoms with Gasteiger partial charge in [-0.05, 0) is 48.7 Å².